The lowest BCUT2D eigenvalue weighted by molar-refractivity contribution is 0.0706. The quantitative estimate of drug-likeness (QED) is 0.843. The molecule has 0 fully saturated rings. The molecule has 3 heteroatoms. The Morgan fingerprint density at radius 3 is 2.42 bits per heavy atom. The SMILES string of the molecule is CCCN(C(=O)c1ccc(C#CCO)cc1)C(C)C. The van der Waals surface area contributed by atoms with Crippen molar-refractivity contribution in [3.8, 4) is 11.8 Å². The van der Waals surface area contributed by atoms with E-state index in [0.29, 0.717) is 5.56 Å². The second-order valence-electron chi connectivity index (χ2n) is 4.63. The summed E-state index contributed by atoms with van der Waals surface area (Å²) in [6, 6.07) is 7.38. The smallest absolute Gasteiger partial charge is 0.254 e. The molecular formula is C16H21NO2. The first-order valence-corrected chi connectivity index (χ1v) is 6.61. The van der Waals surface area contributed by atoms with Crippen LogP contribution in [0.15, 0.2) is 24.3 Å². The number of aliphatic hydroxyl groups excluding tert-OH is 1. The van der Waals surface area contributed by atoms with Crippen LogP contribution in [-0.4, -0.2) is 35.1 Å². The van der Waals surface area contributed by atoms with Crippen LogP contribution < -0.4 is 0 Å². The van der Waals surface area contributed by atoms with Crippen LogP contribution in [0, 0.1) is 11.8 Å². The van der Waals surface area contributed by atoms with Crippen LogP contribution in [0.1, 0.15) is 43.1 Å². The molecule has 3 nitrogen and oxygen atoms in total. The van der Waals surface area contributed by atoms with Crippen molar-refractivity contribution < 1.29 is 9.90 Å². The lowest BCUT2D eigenvalue weighted by Gasteiger charge is -2.26. The summed E-state index contributed by atoms with van der Waals surface area (Å²) in [4.78, 5) is 14.2. The normalized spacial score (nSPS) is 9.95. The van der Waals surface area contributed by atoms with Crippen molar-refractivity contribution in [2.24, 2.45) is 0 Å². The zero-order valence-electron chi connectivity index (χ0n) is 11.8. The van der Waals surface area contributed by atoms with Gasteiger partial charge in [-0.1, -0.05) is 18.8 Å². The summed E-state index contributed by atoms with van der Waals surface area (Å²) < 4.78 is 0. The first-order valence-electron chi connectivity index (χ1n) is 6.61. The highest BCUT2D eigenvalue weighted by molar-refractivity contribution is 5.94. The first kappa shape index (κ1) is 15.3. The third kappa shape index (κ3) is 4.42. The molecule has 1 rings (SSSR count). The molecule has 19 heavy (non-hydrogen) atoms. The number of nitrogens with zero attached hydrogens (tertiary/aromatic N) is 1. The summed E-state index contributed by atoms with van der Waals surface area (Å²) in [6.45, 7) is 6.72. The van der Waals surface area contributed by atoms with Gasteiger partial charge in [-0.15, -0.1) is 0 Å². The van der Waals surface area contributed by atoms with Crippen molar-refractivity contribution >= 4 is 5.91 Å². The lowest BCUT2D eigenvalue weighted by atomic mass is 10.1. The Morgan fingerprint density at radius 2 is 1.95 bits per heavy atom. The molecular weight excluding hydrogens is 238 g/mol. The fourth-order valence-electron chi connectivity index (χ4n) is 1.84. The van der Waals surface area contributed by atoms with Crippen LogP contribution in [0.5, 0.6) is 0 Å². The maximum absolute atomic E-state index is 12.4. The van der Waals surface area contributed by atoms with Crippen molar-refractivity contribution in [1.82, 2.24) is 4.90 Å². The van der Waals surface area contributed by atoms with Gasteiger partial charge in [0.05, 0.1) is 0 Å². The van der Waals surface area contributed by atoms with Crippen LogP contribution in [0.25, 0.3) is 0 Å². The fourth-order valence-corrected chi connectivity index (χ4v) is 1.84. The highest BCUT2D eigenvalue weighted by Gasteiger charge is 2.17. The van der Waals surface area contributed by atoms with E-state index in [2.05, 4.69) is 18.8 Å². The average molecular weight is 259 g/mol. The van der Waals surface area contributed by atoms with E-state index < -0.39 is 0 Å². The van der Waals surface area contributed by atoms with E-state index in [9.17, 15) is 4.79 Å². The largest absolute Gasteiger partial charge is 0.384 e. The monoisotopic (exact) mass is 259 g/mol. The topological polar surface area (TPSA) is 40.5 Å². The average Bonchev–Trinajstić information content (AvgIpc) is 2.42. The Morgan fingerprint density at radius 1 is 1.32 bits per heavy atom. The van der Waals surface area contributed by atoms with Gasteiger partial charge in [0, 0.05) is 23.7 Å². The van der Waals surface area contributed by atoms with E-state index in [-0.39, 0.29) is 18.6 Å². The molecule has 1 aromatic rings. The maximum atomic E-state index is 12.4. The lowest BCUT2D eigenvalue weighted by Crippen LogP contribution is -2.37. The molecule has 1 amide bonds. The third-order valence-electron chi connectivity index (χ3n) is 2.79. The van der Waals surface area contributed by atoms with Gasteiger partial charge in [0.25, 0.3) is 5.91 Å². The summed E-state index contributed by atoms with van der Waals surface area (Å²) in [5.41, 5.74) is 1.48. The third-order valence-corrected chi connectivity index (χ3v) is 2.79. The first-order chi connectivity index (χ1) is 9.10. The molecule has 0 bridgehead atoms. The zero-order valence-corrected chi connectivity index (χ0v) is 11.8. The number of rotatable bonds is 4. The number of amides is 1. The van der Waals surface area contributed by atoms with Gasteiger partial charge in [-0.25, -0.2) is 0 Å². The molecule has 0 saturated carbocycles. The predicted octanol–water partition coefficient (Wildman–Crippen LogP) is 2.29. The van der Waals surface area contributed by atoms with E-state index in [1.807, 2.05) is 18.7 Å². The van der Waals surface area contributed by atoms with Crippen molar-refractivity contribution in [1.29, 1.82) is 0 Å². The second kappa shape index (κ2) is 7.60. The van der Waals surface area contributed by atoms with Crippen molar-refractivity contribution in [2.75, 3.05) is 13.2 Å². The molecule has 0 aliphatic heterocycles. The Labute approximate surface area is 115 Å². The molecule has 0 unspecified atom stereocenters. The summed E-state index contributed by atoms with van der Waals surface area (Å²) >= 11 is 0. The van der Waals surface area contributed by atoms with E-state index in [0.717, 1.165) is 18.5 Å². The van der Waals surface area contributed by atoms with Gasteiger partial charge < -0.3 is 10.0 Å². The number of aliphatic hydroxyl groups is 1. The van der Waals surface area contributed by atoms with Gasteiger partial charge in [-0.2, -0.15) is 0 Å². The molecule has 0 aromatic heterocycles. The Hall–Kier alpha value is -1.79. The Balaban J connectivity index is 2.87. The van der Waals surface area contributed by atoms with Gasteiger partial charge in [-0.05, 0) is 44.5 Å². The van der Waals surface area contributed by atoms with Crippen LogP contribution in [0.3, 0.4) is 0 Å². The van der Waals surface area contributed by atoms with Crippen LogP contribution in [-0.2, 0) is 0 Å². The van der Waals surface area contributed by atoms with Crippen molar-refractivity contribution in [3.05, 3.63) is 35.4 Å². The minimum absolute atomic E-state index is 0.0542. The molecule has 1 aromatic carbocycles. The minimum Gasteiger partial charge on any atom is -0.384 e. The molecule has 1 N–H and O–H groups in total. The van der Waals surface area contributed by atoms with E-state index in [1.165, 1.54) is 0 Å². The summed E-state index contributed by atoms with van der Waals surface area (Å²) in [5.74, 6) is 5.45. The zero-order chi connectivity index (χ0) is 14.3. The van der Waals surface area contributed by atoms with Gasteiger partial charge in [0.2, 0.25) is 0 Å². The standard InChI is InChI=1S/C16H21NO2/c1-4-11-17(13(2)3)16(19)15-9-7-14(8-10-15)6-5-12-18/h7-10,13,18H,4,11-12H2,1-3H3. The minimum atomic E-state index is -0.154. The molecule has 0 aliphatic rings. The van der Waals surface area contributed by atoms with Gasteiger partial charge >= 0.3 is 0 Å². The van der Waals surface area contributed by atoms with Gasteiger partial charge in [0.1, 0.15) is 6.61 Å². The molecule has 0 radical (unpaired) electrons. The maximum Gasteiger partial charge on any atom is 0.254 e. The number of carbonyl (C=O) groups is 1. The molecule has 0 saturated heterocycles. The second-order valence-corrected chi connectivity index (χ2v) is 4.63. The molecule has 0 aliphatic carbocycles. The van der Waals surface area contributed by atoms with E-state index in [4.69, 9.17) is 5.11 Å². The van der Waals surface area contributed by atoms with Crippen LogP contribution in [0.4, 0.5) is 0 Å². The van der Waals surface area contributed by atoms with Gasteiger partial charge in [0.15, 0.2) is 0 Å². The summed E-state index contributed by atoms with van der Waals surface area (Å²) in [5, 5.41) is 8.63. The predicted molar refractivity (Wildman–Crippen MR) is 76.9 cm³/mol. The molecule has 0 atom stereocenters. The van der Waals surface area contributed by atoms with Crippen LogP contribution in [0.2, 0.25) is 0 Å². The molecule has 0 spiro atoms. The number of carbonyl (C=O) groups excluding carboxylic acids is 1. The number of hydrogen-bond acceptors (Lipinski definition) is 2. The Kier molecular flexibility index (Phi) is 6.11. The highest BCUT2D eigenvalue weighted by atomic mass is 16.2. The summed E-state index contributed by atoms with van der Waals surface area (Å²) in [6.07, 6.45) is 0.948. The Bertz CT molecular complexity index is 466. The van der Waals surface area contributed by atoms with Crippen LogP contribution >= 0.6 is 0 Å². The van der Waals surface area contributed by atoms with E-state index >= 15 is 0 Å². The van der Waals surface area contributed by atoms with Crippen molar-refractivity contribution in [2.45, 2.75) is 33.2 Å². The summed E-state index contributed by atoms with van der Waals surface area (Å²) in [7, 11) is 0. The number of hydrogen-bond donors (Lipinski definition) is 1. The molecule has 0 heterocycles. The number of benzene rings is 1. The van der Waals surface area contributed by atoms with E-state index in [1.54, 1.807) is 24.3 Å². The molecule has 102 valence electrons. The van der Waals surface area contributed by atoms with Crippen molar-refractivity contribution in [3.63, 3.8) is 0 Å². The fraction of sp³-hybridized carbons (Fsp3) is 0.438. The van der Waals surface area contributed by atoms with Gasteiger partial charge in [-0.3, -0.25) is 4.79 Å². The highest BCUT2D eigenvalue weighted by Crippen LogP contribution is 2.10.